The van der Waals surface area contributed by atoms with Crippen LogP contribution in [0.4, 0.5) is 0 Å². The van der Waals surface area contributed by atoms with Crippen LogP contribution in [0.1, 0.15) is 68.9 Å². The van der Waals surface area contributed by atoms with E-state index in [0.717, 1.165) is 16.7 Å². The van der Waals surface area contributed by atoms with Gasteiger partial charge in [-0.25, -0.2) is 0 Å². The Labute approximate surface area is 229 Å². The summed E-state index contributed by atoms with van der Waals surface area (Å²) < 4.78 is 0. The Morgan fingerprint density at radius 1 is 0.816 bits per heavy atom. The molecule has 0 fully saturated rings. The molecule has 0 spiro atoms. The maximum absolute atomic E-state index is 13.8. The van der Waals surface area contributed by atoms with Gasteiger partial charge in [0.25, 0.3) is 0 Å². The Hall–Kier alpha value is -3.40. The van der Waals surface area contributed by atoms with Crippen LogP contribution in [0.15, 0.2) is 78.9 Å². The molecule has 0 heterocycles. The van der Waals surface area contributed by atoms with Crippen molar-refractivity contribution in [2.24, 2.45) is 5.92 Å². The summed E-state index contributed by atoms with van der Waals surface area (Å²) in [5, 5.41) is 3.09. The van der Waals surface area contributed by atoms with Crippen LogP contribution < -0.4 is 5.32 Å². The first-order valence-corrected chi connectivity index (χ1v) is 13.8. The largest absolute Gasteiger partial charge is 0.354 e. The fourth-order valence-electron chi connectivity index (χ4n) is 4.43. The standard InChI is InChI=1S/C34H44N2O2/c1-25(2)23-35-33(38)31(22-28-10-8-7-9-11-28)36(24-29-14-12-26(3)13-15-29)32(37)21-18-27-16-19-30(20-17-27)34(4,5)6/h7-17,19-20,25,31H,18,21-24H2,1-6H3,(H,35,38)/t31-/m1/s1. The molecule has 0 unspecified atom stereocenters. The predicted octanol–water partition coefficient (Wildman–Crippen LogP) is 6.64. The van der Waals surface area contributed by atoms with Gasteiger partial charge in [0.15, 0.2) is 0 Å². The van der Waals surface area contributed by atoms with Crippen LogP contribution in [-0.4, -0.2) is 29.3 Å². The zero-order valence-corrected chi connectivity index (χ0v) is 24.0. The van der Waals surface area contributed by atoms with Crippen LogP contribution >= 0.6 is 0 Å². The minimum absolute atomic E-state index is 0.00824. The quantitative estimate of drug-likeness (QED) is 0.313. The number of hydrogen-bond acceptors (Lipinski definition) is 2. The maximum atomic E-state index is 13.8. The first-order valence-electron chi connectivity index (χ1n) is 13.8. The fraction of sp³-hybridized carbons (Fsp3) is 0.412. The molecule has 0 aliphatic carbocycles. The average molecular weight is 513 g/mol. The van der Waals surface area contributed by atoms with Crippen molar-refractivity contribution in [3.63, 3.8) is 0 Å². The van der Waals surface area contributed by atoms with E-state index in [1.165, 1.54) is 11.1 Å². The molecule has 3 aromatic rings. The van der Waals surface area contributed by atoms with E-state index >= 15 is 0 Å². The zero-order chi connectivity index (χ0) is 27.7. The number of rotatable bonds is 11. The Kier molecular flexibility index (Phi) is 10.3. The second kappa shape index (κ2) is 13.4. The lowest BCUT2D eigenvalue weighted by Gasteiger charge is -2.32. The van der Waals surface area contributed by atoms with Gasteiger partial charge < -0.3 is 10.2 Å². The maximum Gasteiger partial charge on any atom is 0.243 e. The van der Waals surface area contributed by atoms with E-state index in [1.807, 2.05) is 42.5 Å². The third kappa shape index (κ3) is 8.86. The topological polar surface area (TPSA) is 49.4 Å². The predicted molar refractivity (Wildman–Crippen MR) is 157 cm³/mol. The molecule has 0 saturated heterocycles. The lowest BCUT2D eigenvalue weighted by Crippen LogP contribution is -2.51. The van der Waals surface area contributed by atoms with Gasteiger partial charge >= 0.3 is 0 Å². The average Bonchev–Trinajstić information content (AvgIpc) is 2.89. The van der Waals surface area contributed by atoms with Crippen LogP contribution in [-0.2, 0) is 34.4 Å². The SMILES string of the molecule is Cc1ccc(CN(C(=O)CCc2ccc(C(C)(C)C)cc2)[C@H](Cc2ccccc2)C(=O)NCC(C)C)cc1. The number of carbonyl (C=O) groups is 2. The lowest BCUT2D eigenvalue weighted by molar-refractivity contribution is -0.141. The molecule has 0 aliphatic heterocycles. The van der Waals surface area contributed by atoms with E-state index in [9.17, 15) is 9.59 Å². The van der Waals surface area contributed by atoms with E-state index in [0.29, 0.717) is 38.3 Å². The normalized spacial score (nSPS) is 12.3. The van der Waals surface area contributed by atoms with Crippen LogP contribution in [0.25, 0.3) is 0 Å². The Morgan fingerprint density at radius 2 is 1.42 bits per heavy atom. The molecule has 0 radical (unpaired) electrons. The summed E-state index contributed by atoms with van der Waals surface area (Å²) in [5.74, 6) is 0.220. The molecular formula is C34H44N2O2. The number of amides is 2. The van der Waals surface area contributed by atoms with Gasteiger partial charge in [0, 0.05) is 25.9 Å². The third-order valence-corrected chi connectivity index (χ3v) is 6.88. The molecule has 4 heteroatoms. The Bertz CT molecular complexity index is 1160. The van der Waals surface area contributed by atoms with Crippen LogP contribution in [0.3, 0.4) is 0 Å². The van der Waals surface area contributed by atoms with E-state index < -0.39 is 6.04 Å². The van der Waals surface area contributed by atoms with Gasteiger partial charge in [-0.2, -0.15) is 0 Å². The number of nitrogens with zero attached hydrogens (tertiary/aromatic N) is 1. The van der Waals surface area contributed by atoms with Crippen LogP contribution in [0.5, 0.6) is 0 Å². The molecule has 38 heavy (non-hydrogen) atoms. The zero-order valence-electron chi connectivity index (χ0n) is 24.0. The van der Waals surface area contributed by atoms with Gasteiger partial charge in [0.1, 0.15) is 6.04 Å². The molecule has 1 atom stereocenters. The number of carbonyl (C=O) groups excluding carboxylic acids is 2. The minimum Gasteiger partial charge on any atom is -0.354 e. The highest BCUT2D eigenvalue weighted by Gasteiger charge is 2.30. The monoisotopic (exact) mass is 512 g/mol. The number of hydrogen-bond donors (Lipinski definition) is 1. The van der Waals surface area contributed by atoms with Crippen LogP contribution in [0.2, 0.25) is 0 Å². The molecule has 0 aliphatic rings. The van der Waals surface area contributed by atoms with E-state index in [2.05, 4.69) is 83.3 Å². The molecular weight excluding hydrogens is 468 g/mol. The molecule has 0 aromatic heterocycles. The summed E-state index contributed by atoms with van der Waals surface area (Å²) in [6.45, 7) is 13.8. The van der Waals surface area contributed by atoms with Gasteiger partial charge in [-0.3, -0.25) is 9.59 Å². The number of benzene rings is 3. The lowest BCUT2D eigenvalue weighted by atomic mass is 9.86. The molecule has 1 N–H and O–H groups in total. The highest BCUT2D eigenvalue weighted by molar-refractivity contribution is 5.88. The first-order chi connectivity index (χ1) is 18.0. The van der Waals surface area contributed by atoms with Gasteiger partial charge in [0.05, 0.1) is 0 Å². The molecule has 202 valence electrons. The fourth-order valence-corrected chi connectivity index (χ4v) is 4.43. The van der Waals surface area contributed by atoms with Crippen molar-refractivity contribution >= 4 is 11.8 Å². The molecule has 4 nitrogen and oxygen atoms in total. The molecule has 3 aromatic carbocycles. The van der Waals surface area contributed by atoms with Crippen molar-refractivity contribution in [2.45, 2.75) is 78.8 Å². The second-order valence-corrected chi connectivity index (χ2v) is 11.8. The van der Waals surface area contributed by atoms with Crippen molar-refractivity contribution in [1.82, 2.24) is 10.2 Å². The highest BCUT2D eigenvalue weighted by Crippen LogP contribution is 2.23. The van der Waals surface area contributed by atoms with Crippen molar-refractivity contribution in [2.75, 3.05) is 6.54 Å². The summed E-state index contributed by atoms with van der Waals surface area (Å²) in [6.07, 6.45) is 1.46. The summed E-state index contributed by atoms with van der Waals surface area (Å²) in [7, 11) is 0. The van der Waals surface area contributed by atoms with Crippen molar-refractivity contribution in [3.05, 3.63) is 107 Å². The van der Waals surface area contributed by atoms with E-state index in [1.54, 1.807) is 4.90 Å². The molecule has 2 amide bonds. The summed E-state index contributed by atoms with van der Waals surface area (Å²) in [5.41, 5.74) is 5.72. The van der Waals surface area contributed by atoms with Crippen molar-refractivity contribution in [1.29, 1.82) is 0 Å². The summed E-state index contributed by atoms with van der Waals surface area (Å²) in [4.78, 5) is 29.2. The van der Waals surface area contributed by atoms with Gasteiger partial charge in [0.2, 0.25) is 11.8 Å². The summed E-state index contributed by atoms with van der Waals surface area (Å²) >= 11 is 0. The van der Waals surface area contributed by atoms with Gasteiger partial charge in [-0.05, 0) is 46.9 Å². The first kappa shape index (κ1) is 29.2. The van der Waals surface area contributed by atoms with Crippen LogP contribution in [0, 0.1) is 12.8 Å². The smallest absolute Gasteiger partial charge is 0.243 e. The molecule has 3 rings (SSSR count). The number of nitrogens with one attached hydrogen (secondary N) is 1. The number of aryl methyl sites for hydroxylation is 2. The van der Waals surface area contributed by atoms with E-state index in [4.69, 9.17) is 0 Å². The minimum atomic E-state index is -0.590. The molecule has 0 saturated carbocycles. The molecule has 0 bridgehead atoms. The third-order valence-electron chi connectivity index (χ3n) is 6.88. The second-order valence-electron chi connectivity index (χ2n) is 11.8. The Balaban J connectivity index is 1.87. The van der Waals surface area contributed by atoms with Crippen molar-refractivity contribution < 1.29 is 9.59 Å². The van der Waals surface area contributed by atoms with E-state index in [-0.39, 0.29) is 17.2 Å². The van der Waals surface area contributed by atoms with Crippen molar-refractivity contribution in [3.8, 4) is 0 Å². The van der Waals surface area contributed by atoms with Gasteiger partial charge in [-0.15, -0.1) is 0 Å². The van der Waals surface area contributed by atoms with Gasteiger partial charge in [-0.1, -0.05) is 119 Å². The highest BCUT2D eigenvalue weighted by atomic mass is 16.2. The summed E-state index contributed by atoms with van der Waals surface area (Å²) in [6, 6.07) is 26.1. The Morgan fingerprint density at radius 3 is 2.00 bits per heavy atom.